The number of hydrogen-bond donors (Lipinski definition) is 2. The summed E-state index contributed by atoms with van der Waals surface area (Å²) in [5, 5.41) is 37.9. The van der Waals surface area contributed by atoms with E-state index in [0.717, 1.165) is 0 Å². The van der Waals surface area contributed by atoms with E-state index in [4.69, 9.17) is 15.8 Å². The highest BCUT2D eigenvalue weighted by molar-refractivity contribution is 6.11. The number of benzene rings is 2. The minimum atomic E-state index is -1.02. The number of fused-ring (bicyclic) bond motifs is 1. The van der Waals surface area contributed by atoms with E-state index in [1.807, 2.05) is 0 Å². The molecule has 13 nitrogen and oxygen atoms in total. The average molecular weight is 396 g/mol. The van der Waals surface area contributed by atoms with Gasteiger partial charge in [-0.05, 0) is 34.6 Å². The van der Waals surface area contributed by atoms with Gasteiger partial charge in [0.15, 0.2) is 0 Å². The first-order valence-corrected chi connectivity index (χ1v) is 8.13. The first kappa shape index (κ1) is 18.0. The second-order valence-electron chi connectivity index (χ2n) is 5.99. The SMILES string of the molecule is N=C1C(N)N(c2ccc([N+](=O)[O-])cc2)c2nonc2N1c1ccc([N+](=O)[O-])cc1. The molecule has 1 aliphatic rings. The van der Waals surface area contributed by atoms with Crippen LogP contribution in [0.3, 0.4) is 0 Å². The van der Waals surface area contributed by atoms with E-state index >= 15 is 0 Å². The van der Waals surface area contributed by atoms with Gasteiger partial charge >= 0.3 is 0 Å². The van der Waals surface area contributed by atoms with Gasteiger partial charge < -0.3 is 5.73 Å². The van der Waals surface area contributed by atoms with Crippen molar-refractivity contribution in [1.29, 1.82) is 5.41 Å². The molecule has 0 radical (unpaired) electrons. The first-order valence-electron chi connectivity index (χ1n) is 8.13. The van der Waals surface area contributed by atoms with Crippen LogP contribution in [0.1, 0.15) is 0 Å². The van der Waals surface area contributed by atoms with Crippen LogP contribution in [-0.2, 0) is 0 Å². The zero-order valence-electron chi connectivity index (χ0n) is 14.5. The molecule has 1 unspecified atom stereocenters. The van der Waals surface area contributed by atoms with Crippen molar-refractivity contribution in [2.24, 2.45) is 5.73 Å². The second-order valence-corrected chi connectivity index (χ2v) is 5.99. The molecule has 146 valence electrons. The van der Waals surface area contributed by atoms with E-state index in [1.165, 1.54) is 58.3 Å². The number of nitrogens with two attached hydrogens (primary N) is 1. The van der Waals surface area contributed by atoms with Gasteiger partial charge in [0.05, 0.1) is 9.85 Å². The minimum absolute atomic E-state index is 0.0968. The lowest BCUT2D eigenvalue weighted by Gasteiger charge is -2.38. The number of anilines is 4. The summed E-state index contributed by atoms with van der Waals surface area (Å²) in [5.41, 5.74) is 6.90. The molecule has 1 aliphatic heterocycles. The third kappa shape index (κ3) is 2.90. The van der Waals surface area contributed by atoms with Crippen LogP contribution in [0.4, 0.5) is 34.4 Å². The van der Waals surface area contributed by atoms with Crippen molar-refractivity contribution >= 4 is 40.2 Å². The van der Waals surface area contributed by atoms with Crippen molar-refractivity contribution in [1.82, 2.24) is 10.3 Å². The van der Waals surface area contributed by atoms with Gasteiger partial charge in [0.1, 0.15) is 12.0 Å². The molecule has 0 amide bonds. The standard InChI is InChI=1S/C16H12N8O5/c17-13-14(18)22(10-3-7-12(8-4-10)24(27)28)16-15(19-29-20-16)21(13)9-1-5-11(6-2-9)23(25)26/h1-8,13,18H,17H2. The van der Waals surface area contributed by atoms with Crippen LogP contribution < -0.4 is 15.5 Å². The maximum Gasteiger partial charge on any atom is 0.269 e. The number of non-ortho nitro benzene ring substituents is 2. The number of nitro benzene ring substituents is 2. The van der Waals surface area contributed by atoms with Gasteiger partial charge in [-0.25, -0.2) is 4.63 Å². The Morgan fingerprint density at radius 3 is 1.90 bits per heavy atom. The second kappa shape index (κ2) is 6.65. The van der Waals surface area contributed by atoms with Crippen LogP contribution >= 0.6 is 0 Å². The number of rotatable bonds is 4. The number of aromatic nitrogens is 2. The average Bonchev–Trinajstić information content (AvgIpc) is 3.18. The molecule has 0 saturated heterocycles. The number of nitrogens with one attached hydrogen (secondary N) is 1. The van der Waals surface area contributed by atoms with Gasteiger partial charge in [0.25, 0.3) is 11.4 Å². The minimum Gasteiger partial charge on any atom is -0.305 e. The fraction of sp³-hybridized carbons (Fsp3) is 0.0625. The largest absolute Gasteiger partial charge is 0.305 e. The predicted octanol–water partition coefficient (Wildman–Crippen LogP) is 2.44. The maximum atomic E-state index is 10.9. The Labute approximate surface area is 161 Å². The molecule has 3 N–H and O–H groups in total. The van der Waals surface area contributed by atoms with Gasteiger partial charge in [-0.1, -0.05) is 0 Å². The van der Waals surface area contributed by atoms with Gasteiger partial charge in [-0.3, -0.25) is 35.4 Å². The van der Waals surface area contributed by atoms with Gasteiger partial charge in [-0.2, -0.15) is 0 Å². The van der Waals surface area contributed by atoms with Crippen LogP contribution in [0.15, 0.2) is 53.2 Å². The molecule has 13 heteroatoms. The lowest BCUT2D eigenvalue weighted by Crippen LogP contribution is -2.54. The van der Waals surface area contributed by atoms with Crippen LogP contribution in [0.2, 0.25) is 0 Å². The monoisotopic (exact) mass is 396 g/mol. The van der Waals surface area contributed by atoms with Crippen LogP contribution in [0.5, 0.6) is 0 Å². The molecule has 1 aromatic heterocycles. The quantitative estimate of drug-likeness (QED) is 0.490. The summed E-state index contributed by atoms with van der Waals surface area (Å²) in [6.45, 7) is 0. The predicted molar refractivity (Wildman–Crippen MR) is 100 cm³/mol. The first-order chi connectivity index (χ1) is 13.9. The Hall–Kier alpha value is -4.39. The highest BCUT2D eigenvalue weighted by Crippen LogP contribution is 2.41. The molecule has 1 atom stereocenters. The third-order valence-corrected chi connectivity index (χ3v) is 4.35. The van der Waals surface area contributed by atoms with E-state index < -0.39 is 16.0 Å². The highest BCUT2D eigenvalue weighted by atomic mass is 16.6. The van der Waals surface area contributed by atoms with Crippen molar-refractivity contribution < 1.29 is 14.5 Å². The molecule has 3 aromatic rings. The van der Waals surface area contributed by atoms with Gasteiger partial charge in [0, 0.05) is 35.6 Å². The zero-order chi connectivity index (χ0) is 20.7. The van der Waals surface area contributed by atoms with E-state index in [2.05, 4.69) is 10.3 Å². The Balaban J connectivity index is 1.76. The van der Waals surface area contributed by atoms with Crippen LogP contribution in [0.25, 0.3) is 0 Å². The lowest BCUT2D eigenvalue weighted by atomic mass is 10.1. The summed E-state index contributed by atoms with van der Waals surface area (Å²) in [6.07, 6.45) is -1.02. The Morgan fingerprint density at radius 2 is 1.38 bits per heavy atom. The summed E-state index contributed by atoms with van der Waals surface area (Å²) in [7, 11) is 0. The topological polar surface area (TPSA) is 182 Å². The summed E-state index contributed by atoms with van der Waals surface area (Å²) < 4.78 is 4.84. The maximum absolute atomic E-state index is 10.9. The van der Waals surface area contributed by atoms with Crippen molar-refractivity contribution in [3.8, 4) is 0 Å². The summed E-state index contributed by atoms with van der Waals surface area (Å²) in [5.74, 6) is 0.255. The van der Waals surface area contributed by atoms with Crippen molar-refractivity contribution in [3.63, 3.8) is 0 Å². The normalized spacial score (nSPS) is 15.9. The molecule has 2 heterocycles. The smallest absolute Gasteiger partial charge is 0.269 e. The number of nitro groups is 2. The number of nitrogens with zero attached hydrogens (tertiary/aromatic N) is 6. The van der Waals surface area contributed by atoms with Crippen LogP contribution in [-0.4, -0.2) is 32.2 Å². The molecular weight excluding hydrogens is 384 g/mol. The zero-order valence-corrected chi connectivity index (χ0v) is 14.5. The summed E-state index contributed by atoms with van der Waals surface area (Å²) in [6, 6.07) is 11.1. The molecule has 2 aromatic carbocycles. The molecule has 0 aliphatic carbocycles. The number of amidine groups is 1. The van der Waals surface area contributed by atoms with Crippen molar-refractivity contribution in [2.75, 3.05) is 9.80 Å². The van der Waals surface area contributed by atoms with Gasteiger partial charge in [-0.15, -0.1) is 0 Å². The summed E-state index contributed by atoms with van der Waals surface area (Å²) >= 11 is 0. The number of hydrogen-bond acceptors (Lipinski definition) is 10. The fourth-order valence-corrected chi connectivity index (χ4v) is 2.97. The van der Waals surface area contributed by atoms with Gasteiger partial charge in [0.2, 0.25) is 11.6 Å². The molecule has 0 saturated carbocycles. The molecule has 4 rings (SSSR count). The van der Waals surface area contributed by atoms with E-state index in [0.29, 0.717) is 11.4 Å². The molecule has 29 heavy (non-hydrogen) atoms. The highest BCUT2D eigenvalue weighted by Gasteiger charge is 2.39. The third-order valence-electron chi connectivity index (χ3n) is 4.35. The molecule has 0 fully saturated rings. The van der Waals surface area contributed by atoms with E-state index in [-0.39, 0.29) is 28.8 Å². The van der Waals surface area contributed by atoms with Crippen molar-refractivity contribution in [3.05, 3.63) is 68.8 Å². The molecule has 0 bridgehead atoms. The molecule has 0 spiro atoms. The van der Waals surface area contributed by atoms with E-state index in [9.17, 15) is 20.2 Å². The Kier molecular flexibility index (Phi) is 4.13. The Bertz CT molecular complexity index is 1110. The summed E-state index contributed by atoms with van der Waals surface area (Å²) in [4.78, 5) is 23.5. The van der Waals surface area contributed by atoms with E-state index in [1.54, 1.807) is 0 Å². The lowest BCUT2D eigenvalue weighted by molar-refractivity contribution is -0.385. The van der Waals surface area contributed by atoms with Crippen molar-refractivity contribution in [2.45, 2.75) is 6.17 Å². The fourth-order valence-electron chi connectivity index (χ4n) is 2.97. The van der Waals surface area contributed by atoms with Crippen LogP contribution in [0, 0.1) is 25.6 Å². The molecular formula is C16H12N8O5. The Morgan fingerprint density at radius 1 is 0.897 bits per heavy atom.